The van der Waals surface area contributed by atoms with E-state index in [1.54, 1.807) is 23.2 Å². The molecule has 1 atom stereocenters. The number of nitrogens with zero attached hydrogens (tertiary/aromatic N) is 7. The van der Waals surface area contributed by atoms with Gasteiger partial charge in [0.15, 0.2) is 0 Å². The first-order chi connectivity index (χ1) is 19.8. The molecule has 5 heterocycles. The van der Waals surface area contributed by atoms with Gasteiger partial charge in [0.05, 0.1) is 22.5 Å². The first-order valence-corrected chi connectivity index (χ1v) is 14.3. The number of aromatic amines is 1. The Morgan fingerprint density at radius 3 is 2.68 bits per heavy atom. The summed E-state index contributed by atoms with van der Waals surface area (Å²) in [5.74, 6) is 1.25. The van der Waals surface area contributed by atoms with Crippen molar-refractivity contribution >= 4 is 56.7 Å². The third-order valence-corrected chi connectivity index (χ3v) is 8.39. The number of likely N-dealkylation sites (tertiary alicyclic amines) is 1. The number of carbonyl (C=O) groups excluding carboxylic acids is 1. The summed E-state index contributed by atoms with van der Waals surface area (Å²) in [5, 5.41) is 9.24. The summed E-state index contributed by atoms with van der Waals surface area (Å²) in [6, 6.07) is 4.04. The van der Waals surface area contributed by atoms with Crippen LogP contribution in [0.2, 0.25) is 10.2 Å². The summed E-state index contributed by atoms with van der Waals surface area (Å²) < 4.78 is 12.6. The van der Waals surface area contributed by atoms with Crippen molar-refractivity contribution in [3.8, 4) is 17.6 Å². The van der Waals surface area contributed by atoms with E-state index < -0.39 is 0 Å². The molecule has 6 rings (SSSR count). The first-order valence-electron chi connectivity index (χ1n) is 13.5. The van der Waals surface area contributed by atoms with Crippen LogP contribution >= 0.6 is 23.2 Å². The van der Waals surface area contributed by atoms with Gasteiger partial charge < -0.3 is 24.2 Å². The van der Waals surface area contributed by atoms with Crippen LogP contribution in [-0.4, -0.2) is 93.3 Å². The van der Waals surface area contributed by atoms with Crippen LogP contribution in [0.5, 0.6) is 17.6 Å². The largest absolute Gasteiger partial charge is 0.462 e. The Kier molecular flexibility index (Phi) is 7.58. The minimum absolute atomic E-state index is 0.0905. The summed E-state index contributed by atoms with van der Waals surface area (Å²) in [4.78, 5) is 32.5. The predicted octanol–water partition coefficient (Wildman–Crippen LogP) is 4.62. The van der Waals surface area contributed by atoms with E-state index in [9.17, 15) is 4.79 Å². The monoisotopic (exact) mass is 596 g/mol. The zero-order valence-electron chi connectivity index (χ0n) is 22.9. The van der Waals surface area contributed by atoms with E-state index in [1.165, 1.54) is 6.08 Å². The maximum absolute atomic E-state index is 12.2. The molecule has 2 fully saturated rings. The van der Waals surface area contributed by atoms with Gasteiger partial charge in [-0.15, -0.1) is 0 Å². The molecular weight excluding hydrogens is 567 g/mol. The van der Waals surface area contributed by atoms with Crippen LogP contribution in [0.3, 0.4) is 0 Å². The number of carbonyl (C=O) groups is 1. The molecule has 0 unspecified atom stereocenters. The number of pyridine rings is 1. The molecule has 214 valence electrons. The van der Waals surface area contributed by atoms with Gasteiger partial charge in [0.25, 0.3) is 0 Å². The van der Waals surface area contributed by atoms with Crippen molar-refractivity contribution in [2.45, 2.75) is 25.8 Å². The summed E-state index contributed by atoms with van der Waals surface area (Å²) in [6.45, 7) is 9.16. The molecule has 1 aromatic carbocycles. The molecule has 0 saturated carbocycles. The average Bonchev–Trinajstić information content (AvgIpc) is 3.62. The van der Waals surface area contributed by atoms with E-state index >= 15 is 0 Å². The Balaban J connectivity index is 1.43. The van der Waals surface area contributed by atoms with E-state index in [1.807, 2.05) is 6.92 Å². The number of likely N-dealkylation sites (N-methyl/N-ethyl adjacent to an activating group) is 1. The lowest BCUT2D eigenvalue weighted by atomic mass is 10.1. The number of piperazine rings is 1. The molecule has 41 heavy (non-hydrogen) atoms. The number of nitrogens with one attached hydrogen (secondary N) is 1. The molecule has 2 aliphatic heterocycles. The van der Waals surface area contributed by atoms with Gasteiger partial charge in [-0.25, -0.2) is 0 Å². The van der Waals surface area contributed by atoms with Crippen molar-refractivity contribution in [2.24, 2.45) is 0 Å². The topological polar surface area (TPSA) is 113 Å². The molecule has 13 heteroatoms. The van der Waals surface area contributed by atoms with Gasteiger partial charge in [0.1, 0.15) is 28.8 Å². The van der Waals surface area contributed by atoms with Gasteiger partial charge in [0.2, 0.25) is 11.8 Å². The summed E-state index contributed by atoms with van der Waals surface area (Å²) in [7, 11) is 2.10. The number of aromatic nitrogens is 5. The second kappa shape index (κ2) is 11.3. The number of fused-ring (bicyclic) bond motifs is 2. The van der Waals surface area contributed by atoms with Crippen LogP contribution in [0.1, 0.15) is 18.4 Å². The van der Waals surface area contributed by atoms with Crippen LogP contribution in [0.15, 0.2) is 31.0 Å². The zero-order valence-corrected chi connectivity index (χ0v) is 24.4. The van der Waals surface area contributed by atoms with E-state index in [-0.39, 0.29) is 29.0 Å². The molecule has 3 aromatic heterocycles. The summed E-state index contributed by atoms with van der Waals surface area (Å²) >= 11 is 13.1. The standard InChI is InChI=1S/C28H30Cl2N8O3/c1-4-23(39)37-8-10-38(11-9-37)26-18-12-22(30)32-27(41-25-16(2)20(29)13-21-19(25)14-31-35-21)24(18)33-28(34-26)40-15-17-6-5-7-36(17)3/h4,12-14,17H,1,5-11,15H2,2-3H3,(H,31,35)/t17-/m0/s1. The zero-order chi connectivity index (χ0) is 28.7. The van der Waals surface area contributed by atoms with Crippen molar-refractivity contribution in [1.82, 2.24) is 34.9 Å². The van der Waals surface area contributed by atoms with E-state index in [0.717, 1.165) is 35.9 Å². The number of H-pyrrole nitrogens is 1. The van der Waals surface area contributed by atoms with Crippen molar-refractivity contribution in [3.05, 3.63) is 46.7 Å². The van der Waals surface area contributed by atoms with E-state index in [4.69, 9.17) is 42.6 Å². The van der Waals surface area contributed by atoms with Crippen molar-refractivity contribution in [3.63, 3.8) is 0 Å². The lowest BCUT2D eigenvalue weighted by Crippen LogP contribution is -2.48. The van der Waals surface area contributed by atoms with Crippen molar-refractivity contribution < 1.29 is 14.3 Å². The van der Waals surface area contributed by atoms with Gasteiger partial charge in [0, 0.05) is 42.8 Å². The second-order valence-corrected chi connectivity index (χ2v) is 11.1. The molecule has 1 N–H and O–H groups in total. The number of hydrogen-bond acceptors (Lipinski definition) is 9. The first kappa shape index (κ1) is 27.5. The van der Waals surface area contributed by atoms with Gasteiger partial charge in [-0.05, 0) is 51.6 Å². The number of benzene rings is 1. The fourth-order valence-electron chi connectivity index (χ4n) is 5.40. The molecule has 4 aromatic rings. The average molecular weight is 598 g/mol. The highest BCUT2D eigenvalue weighted by molar-refractivity contribution is 6.32. The Labute approximate surface area is 247 Å². The van der Waals surface area contributed by atoms with Gasteiger partial charge in [-0.1, -0.05) is 29.8 Å². The fraction of sp³-hybridized carbons (Fsp3) is 0.393. The fourth-order valence-corrected chi connectivity index (χ4v) is 5.78. The van der Waals surface area contributed by atoms with Gasteiger partial charge in [-0.3, -0.25) is 9.89 Å². The highest BCUT2D eigenvalue weighted by Gasteiger charge is 2.27. The number of anilines is 1. The Morgan fingerprint density at radius 2 is 1.95 bits per heavy atom. The normalized spacial score (nSPS) is 17.9. The minimum atomic E-state index is -0.0905. The highest BCUT2D eigenvalue weighted by atomic mass is 35.5. The number of rotatable bonds is 7. The molecule has 2 saturated heterocycles. The third kappa shape index (κ3) is 5.37. The Hall–Kier alpha value is -3.67. The van der Waals surface area contributed by atoms with Crippen LogP contribution in [0.4, 0.5) is 5.82 Å². The number of halogens is 2. The van der Waals surface area contributed by atoms with Crippen LogP contribution in [0.25, 0.3) is 21.8 Å². The van der Waals surface area contributed by atoms with Gasteiger partial charge >= 0.3 is 6.01 Å². The number of amides is 1. The highest BCUT2D eigenvalue weighted by Crippen LogP contribution is 2.40. The smallest absolute Gasteiger partial charge is 0.319 e. The summed E-state index contributed by atoms with van der Waals surface area (Å²) in [6.07, 6.45) is 5.20. The molecule has 2 aliphatic rings. The molecule has 0 aliphatic carbocycles. The maximum atomic E-state index is 12.2. The molecule has 11 nitrogen and oxygen atoms in total. The van der Waals surface area contributed by atoms with E-state index in [0.29, 0.717) is 60.3 Å². The predicted molar refractivity (Wildman–Crippen MR) is 158 cm³/mol. The molecule has 0 radical (unpaired) electrons. The van der Waals surface area contributed by atoms with E-state index in [2.05, 4.69) is 38.6 Å². The number of ether oxygens (including phenoxy) is 2. The van der Waals surface area contributed by atoms with Crippen molar-refractivity contribution in [1.29, 1.82) is 0 Å². The SMILES string of the molecule is C=CC(=O)N1CCN(c2nc(OC[C@@H]3CCCN3C)nc3c(Oc4c(C)c(Cl)cc5[nH]ncc45)nc(Cl)cc23)CC1. The third-order valence-electron chi connectivity index (χ3n) is 7.80. The van der Waals surface area contributed by atoms with Crippen molar-refractivity contribution in [2.75, 3.05) is 51.3 Å². The lowest BCUT2D eigenvalue weighted by Gasteiger charge is -2.35. The molecular formula is C28H30Cl2N8O3. The maximum Gasteiger partial charge on any atom is 0.319 e. The Morgan fingerprint density at radius 1 is 1.15 bits per heavy atom. The molecule has 0 bridgehead atoms. The molecule has 1 amide bonds. The van der Waals surface area contributed by atoms with Gasteiger partial charge in [-0.2, -0.15) is 20.1 Å². The van der Waals surface area contributed by atoms with Crippen LogP contribution in [0, 0.1) is 6.92 Å². The van der Waals surface area contributed by atoms with Crippen LogP contribution < -0.4 is 14.4 Å². The molecule has 0 spiro atoms. The number of hydrogen-bond donors (Lipinski definition) is 1. The quantitative estimate of drug-likeness (QED) is 0.241. The Bertz CT molecular complexity index is 1640. The van der Waals surface area contributed by atoms with Crippen LogP contribution in [-0.2, 0) is 4.79 Å². The minimum Gasteiger partial charge on any atom is -0.462 e. The summed E-state index contributed by atoms with van der Waals surface area (Å²) in [5.41, 5.74) is 1.91. The second-order valence-electron chi connectivity index (χ2n) is 10.3. The lowest BCUT2D eigenvalue weighted by molar-refractivity contribution is -0.126.